The van der Waals surface area contributed by atoms with Crippen molar-refractivity contribution in [2.75, 3.05) is 0 Å². The number of aromatic nitrogens is 4. The molecule has 0 saturated carbocycles. The maximum absolute atomic E-state index is 11.2. The van der Waals surface area contributed by atoms with Crippen LogP contribution in [0.3, 0.4) is 0 Å². The molecule has 0 aliphatic carbocycles. The molecule has 2 heterocycles. The molecule has 22 N–H and O–H groups in total. The van der Waals surface area contributed by atoms with Crippen molar-refractivity contribution < 1.29 is 70.8 Å². The van der Waals surface area contributed by atoms with Crippen LogP contribution in [0.5, 0.6) is 11.8 Å². The second-order valence-electron chi connectivity index (χ2n) is 5.18. The summed E-state index contributed by atoms with van der Waals surface area (Å²) in [5.41, 5.74) is -0.635. The van der Waals surface area contributed by atoms with E-state index in [1.54, 1.807) is 0 Å². The summed E-state index contributed by atoms with van der Waals surface area (Å²) in [6.07, 6.45) is 0. The maximum atomic E-state index is 11.2. The van der Waals surface area contributed by atoms with Crippen LogP contribution in [0.15, 0.2) is 21.7 Å². The molecule has 215 valence electrons. The molecule has 0 aromatic carbocycles. The molecule has 2 aromatic heterocycles. The van der Waals surface area contributed by atoms with Gasteiger partial charge in [-0.25, -0.2) is 0 Å². The van der Waals surface area contributed by atoms with Crippen molar-refractivity contribution in [1.82, 2.24) is 18.3 Å². The molecule has 0 aliphatic heterocycles. The van der Waals surface area contributed by atoms with Crippen molar-refractivity contribution in [2.45, 2.75) is 53.9 Å². The summed E-state index contributed by atoms with van der Waals surface area (Å²) in [6.45, 7) is 9.28. The van der Waals surface area contributed by atoms with E-state index in [2.05, 4.69) is 0 Å². The van der Waals surface area contributed by atoms with Gasteiger partial charge in [-0.05, 0) is 63.9 Å². The average molecular weight is 608 g/mol. The van der Waals surface area contributed by atoms with Gasteiger partial charge in [-0.1, -0.05) is 0 Å². The Morgan fingerprint density at radius 3 is 0.971 bits per heavy atom. The molecular formula is C16H44CoN4O12S2+6. The predicted octanol–water partition coefficient (Wildman–Crippen LogP) is -6.20. The summed E-state index contributed by atoms with van der Waals surface area (Å²) >= 11 is 9.98. The molecule has 35 heavy (non-hydrogen) atoms. The largest absolute Gasteiger partial charge is 2.00 e. The van der Waals surface area contributed by atoms with Crippen molar-refractivity contribution >= 4 is 24.4 Å². The molecule has 2 aromatic rings. The molecule has 0 saturated heterocycles. The van der Waals surface area contributed by atoms with E-state index in [0.29, 0.717) is 35.7 Å². The number of rotatable bonds is 4. The third-order valence-electron chi connectivity index (χ3n) is 3.75. The van der Waals surface area contributed by atoms with Crippen LogP contribution in [0.25, 0.3) is 0 Å². The summed E-state index contributed by atoms with van der Waals surface area (Å²) in [5, 5.41) is 22.5. The zero-order valence-corrected chi connectivity index (χ0v) is 22.7. The van der Waals surface area contributed by atoms with Gasteiger partial charge in [0.05, 0.1) is 0 Å². The van der Waals surface area contributed by atoms with Crippen LogP contribution in [-0.4, -0.2) is 29.2 Å². The van der Waals surface area contributed by atoms with Crippen LogP contribution in [0.1, 0.15) is 27.7 Å². The predicted molar refractivity (Wildman–Crippen MR) is 137 cm³/mol. The third-order valence-corrected chi connectivity index (χ3v) is 4.63. The molecule has 0 fully saturated rings. The van der Waals surface area contributed by atoms with Crippen LogP contribution in [-0.2, 0) is 75.8 Å². The Hall–Kier alpha value is -2.01. The van der Waals surface area contributed by atoms with Crippen molar-refractivity contribution in [3.63, 3.8) is 0 Å². The van der Waals surface area contributed by atoms with Crippen LogP contribution >= 0.6 is 24.4 Å². The van der Waals surface area contributed by atoms with Gasteiger partial charge in [0.15, 0.2) is 9.54 Å². The van der Waals surface area contributed by atoms with E-state index in [9.17, 15) is 19.8 Å². The SMILES string of the molecule is CCn1c([O-])cc(=O)n(CC)c1=S.CCn1c([O-])cc(=O)n(CC)c1=S.O.O.[Co+2].[OH3+].[OH3+].[OH3+].[OH3+].[OH3+].[OH3+]. The first kappa shape index (κ1) is 58.7. The Labute approximate surface area is 221 Å². The molecule has 0 unspecified atom stereocenters. The summed E-state index contributed by atoms with van der Waals surface area (Å²) in [5.74, 6) is -0.635. The van der Waals surface area contributed by atoms with Gasteiger partial charge >= 0.3 is 16.8 Å². The number of nitrogens with zero attached hydrogens (tertiary/aromatic N) is 4. The normalized spacial score (nSPS) is 7.66. The van der Waals surface area contributed by atoms with Crippen LogP contribution in [0, 0.1) is 9.54 Å². The second kappa shape index (κ2) is 26.6. The molecular weight excluding hydrogens is 563 g/mol. The minimum Gasteiger partial charge on any atom is -0.860 e. The third kappa shape index (κ3) is 13.6. The topological polar surface area (TPSA) is 361 Å². The summed E-state index contributed by atoms with van der Waals surface area (Å²) in [4.78, 5) is 22.5. The fraction of sp³-hybridized carbons (Fsp3) is 0.500. The molecule has 0 bridgehead atoms. The molecule has 16 nitrogen and oxygen atoms in total. The maximum Gasteiger partial charge on any atom is 2.00 e. The molecule has 0 atom stereocenters. The second-order valence-corrected chi connectivity index (χ2v) is 5.91. The van der Waals surface area contributed by atoms with E-state index in [1.807, 2.05) is 27.7 Å². The van der Waals surface area contributed by atoms with Gasteiger partial charge in [0.2, 0.25) is 0 Å². The Kier molecular flexibility index (Phi) is 44.6. The fourth-order valence-corrected chi connectivity index (χ4v) is 3.23. The molecule has 0 aliphatic rings. The Balaban J connectivity index is -0.0000000439. The summed E-state index contributed by atoms with van der Waals surface area (Å²) < 4.78 is 6.23. The zero-order valence-electron chi connectivity index (χ0n) is 20.0. The molecule has 0 spiro atoms. The van der Waals surface area contributed by atoms with Gasteiger partial charge in [-0.2, -0.15) is 0 Å². The monoisotopic (exact) mass is 607 g/mol. The first-order valence-corrected chi connectivity index (χ1v) is 9.08. The van der Waals surface area contributed by atoms with Gasteiger partial charge in [-0.15, -0.1) is 0 Å². The molecule has 1 radical (unpaired) electrons. The minimum absolute atomic E-state index is 0. The van der Waals surface area contributed by atoms with Crippen molar-refractivity contribution in [1.29, 1.82) is 0 Å². The molecule has 19 heteroatoms. The van der Waals surface area contributed by atoms with E-state index in [0.717, 1.165) is 12.1 Å². The number of hydrogen-bond acceptors (Lipinski definition) is 6. The van der Waals surface area contributed by atoms with Crippen molar-refractivity contribution in [2.24, 2.45) is 0 Å². The smallest absolute Gasteiger partial charge is 0.860 e. The van der Waals surface area contributed by atoms with Crippen LogP contribution < -0.4 is 21.3 Å². The van der Waals surface area contributed by atoms with Gasteiger partial charge in [0, 0.05) is 38.3 Å². The quantitative estimate of drug-likeness (QED) is 0.240. The average Bonchev–Trinajstić information content (AvgIpc) is 2.56. The van der Waals surface area contributed by atoms with Crippen molar-refractivity contribution in [3.05, 3.63) is 42.4 Å². The van der Waals surface area contributed by atoms with E-state index in [1.165, 1.54) is 18.3 Å². The molecule has 0 amide bonds. The standard InChI is InChI=1S/2C8H12N2O2S.Co.8H2O/c2*1-3-9-6(11)5-7(12)10(4-2)8(9)13;;;;;;;;;/h2*5,11H,3-4H2,1-2H3;;8*1H2/q;;+2;;;;;;;;/p+4. The first-order valence-electron chi connectivity index (χ1n) is 8.26. The Morgan fingerprint density at radius 2 is 0.800 bits per heavy atom. The summed E-state index contributed by atoms with van der Waals surface area (Å²) in [6, 6.07) is 2.14. The number of hydrogen-bond donors (Lipinski definition) is 0. The zero-order chi connectivity index (χ0) is 20.0. The Bertz CT molecular complexity index is 942. The van der Waals surface area contributed by atoms with E-state index in [-0.39, 0.29) is 83.5 Å². The van der Waals surface area contributed by atoms with Crippen LogP contribution in [0.2, 0.25) is 0 Å². The van der Waals surface area contributed by atoms with E-state index >= 15 is 0 Å². The first-order chi connectivity index (χ1) is 12.2. The van der Waals surface area contributed by atoms with Gasteiger partial charge in [0.1, 0.15) is 0 Å². The van der Waals surface area contributed by atoms with Gasteiger partial charge < -0.3 is 63.2 Å². The fourth-order valence-electron chi connectivity index (χ4n) is 2.36. The summed E-state index contributed by atoms with van der Waals surface area (Å²) in [7, 11) is 0. The van der Waals surface area contributed by atoms with E-state index < -0.39 is 0 Å². The Morgan fingerprint density at radius 1 is 0.600 bits per heavy atom. The molecule has 2 rings (SSSR count). The van der Waals surface area contributed by atoms with Gasteiger partial charge in [-0.3, -0.25) is 18.7 Å². The van der Waals surface area contributed by atoms with Gasteiger partial charge in [0.25, 0.3) is 11.1 Å². The minimum atomic E-state index is -0.317. The van der Waals surface area contributed by atoms with E-state index in [4.69, 9.17) is 24.4 Å². The van der Waals surface area contributed by atoms with Crippen LogP contribution in [0.4, 0.5) is 0 Å². The van der Waals surface area contributed by atoms with Crippen molar-refractivity contribution in [3.8, 4) is 11.8 Å².